The van der Waals surface area contributed by atoms with Gasteiger partial charge in [0.25, 0.3) is 10.1 Å². The van der Waals surface area contributed by atoms with Crippen LogP contribution in [0.1, 0.15) is 27.0 Å². The van der Waals surface area contributed by atoms with E-state index < -0.39 is 21.0 Å². The fraction of sp³-hybridized carbons (Fsp3) is 0.107. The molecular formula is C28H26N6NaO6S+. The maximum atomic E-state index is 11.7. The average Bonchev–Trinajstić information content (AvgIpc) is 2.90. The van der Waals surface area contributed by atoms with Crippen molar-refractivity contribution < 1.29 is 57.5 Å². The Bertz CT molecular complexity index is 1880. The first-order chi connectivity index (χ1) is 19.3. The first-order valence-corrected chi connectivity index (χ1v) is 13.5. The molecule has 0 aromatic heterocycles. The second-order valence-electron chi connectivity index (χ2n) is 9.25. The number of aromatic hydroxyl groups is 1. The molecule has 42 heavy (non-hydrogen) atoms. The average molecular weight is 598 g/mol. The van der Waals surface area contributed by atoms with Gasteiger partial charge in [0, 0.05) is 0 Å². The number of benzene rings is 4. The van der Waals surface area contributed by atoms with Crippen molar-refractivity contribution in [2.24, 2.45) is 20.5 Å². The van der Waals surface area contributed by atoms with Crippen LogP contribution in [0.15, 0.2) is 86.0 Å². The van der Waals surface area contributed by atoms with Crippen molar-refractivity contribution in [1.29, 1.82) is 0 Å². The minimum Gasteiger partial charge on any atom is -0.507 e. The van der Waals surface area contributed by atoms with Gasteiger partial charge in [0.2, 0.25) is 0 Å². The van der Waals surface area contributed by atoms with Crippen molar-refractivity contribution in [2.45, 2.75) is 25.7 Å². The monoisotopic (exact) mass is 597 g/mol. The largest absolute Gasteiger partial charge is 1.00 e. The number of carboxylic acids is 1. The Morgan fingerprint density at radius 2 is 1.29 bits per heavy atom. The number of phenols is 1. The SMILES string of the molecule is Cc1cc(-c2ccc(N=Nc3c(N)c(C)cc(S(=O)(=O)O)c3N)c(C)c2)ccc1N=Nc1ccc(O)c(C(=O)O)c1.[Na+]. The van der Waals surface area contributed by atoms with E-state index in [9.17, 15) is 22.9 Å². The first kappa shape index (κ1) is 32.4. The predicted octanol–water partition coefficient (Wildman–Crippen LogP) is 3.93. The number of aromatic carboxylic acids is 1. The summed E-state index contributed by atoms with van der Waals surface area (Å²) >= 11 is 0. The normalized spacial score (nSPS) is 11.6. The van der Waals surface area contributed by atoms with Crippen LogP contribution in [0, 0.1) is 20.8 Å². The zero-order valence-electron chi connectivity index (χ0n) is 23.2. The molecule has 0 unspecified atom stereocenters. The molecule has 14 heteroatoms. The molecule has 4 rings (SSSR count). The molecule has 7 N–H and O–H groups in total. The summed E-state index contributed by atoms with van der Waals surface area (Å²) in [6.07, 6.45) is 0. The molecule has 0 spiro atoms. The zero-order chi connectivity index (χ0) is 30.1. The molecular weight excluding hydrogens is 571 g/mol. The second kappa shape index (κ2) is 12.8. The van der Waals surface area contributed by atoms with Crippen molar-refractivity contribution >= 4 is 50.2 Å². The summed E-state index contributed by atoms with van der Waals surface area (Å²) in [5.74, 6) is -1.62. The molecule has 0 aliphatic heterocycles. The third-order valence-electron chi connectivity index (χ3n) is 6.29. The van der Waals surface area contributed by atoms with E-state index in [1.54, 1.807) is 19.1 Å². The summed E-state index contributed by atoms with van der Waals surface area (Å²) in [7, 11) is -4.58. The van der Waals surface area contributed by atoms with Gasteiger partial charge in [-0.05, 0) is 97.1 Å². The third-order valence-corrected chi connectivity index (χ3v) is 7.19. The van der Waals surface area contributed by atoms with Gasteiger partial charge in [-0.25, -0.2) is 4.79 Å². The number of rotatable bonds is 7. The maximum absolute atomic E-state index is 11.7. The van der Waals surface area contributed by atoms with Crippen LogP contribution in [0.4, 0.5) is 34.1 Å². The summed E-state index contributed by atoms with van der Waals surface area (Å²) < 4.78 is 32.8. The predicted molar refractivity (Wildman–Crippen MR) is 155 cm³/mol. The van der Waals surface area contributed by atoms with E-state index in [1.165, 1.54) is 24.3 Å². The fourth-order valence-corrected chi connectivity index (χ4v) is 4.69. The summed E-state index contributed by atoms with van der Waals surface area (Å²) in [4.78, 5) is 10.7. The van der Waals surface area contributed by atoms with Crippen molar-refractivity contribution in [1.82, 2.24) is 0 Å². The van der Waals surface area contributed by atoms with Crippen LogP contribution in [0.3, 0.4) is 0 Å². The Morgan fingerprint density at radius 1 is 0.738 bits per heavy atom. The van der Waals surface area contributed by atoms with Gasteiger partial charge in [0.05, 0.1) is 28.4 Å². The van der Waals surface area contributed by atoms with Crippen LogP contribution in [0.25, 0.3) is 11.1 Å². The van der Waals surface area contributed by atoms with E-state index in [-0.39, 0.29) is 63.6 Å². The van der Waals surface area contributed by atoms with Crippen molar-refractivity contribution in [3.05, 3.63) is 82.9 Å². The molecule has 12 nitrogen and oxygen atoms in total. The van der Waals surface area contributed by atoms with Gasteiger partial charge in [-0.2, -0.15) is 23.8 Å². The topological polar surface area (TPSA) is 213 Å². The minimum absolute atomic E-state index is 0. The number of nitrogens with zero attached hydrogens (tertiary/aromatic N) is 4. The molecule has 0 atom stereocenters. The van der Waals surface area contributed by atoms with E-state index in [4.69, 9.17) is 16.6 Å². The summed E-state index contributed by atoms with van der Waals surface area (Å²) in [5, 5.41) is 35.4. The number of azo groups is 2. The Hall–Kier alpha value is -4.14. The van der Waals surface area contributed by atoms with Gasteiger partial charge in [-0.15, -0.1) is 5.11 Å². The first-order valence-electron chi connectivity index (χ1n) is 12.0. The molecule has 0 aliphatic rings. The summed E-state index contributed by atoms with van der Waals surface area (Å²) in [5.41, 5.74) is 16.6. The van der Waals surface area contributed by atoms with Gasteiger partial charge >= 0.3 is 35.5 Å². The van der Waals surface area contributed by atoms with E-state index in [0.717, 1.165) is 22.3 Å². The molecule has 0 fully saturated rings. The number of hydrogen-bond acceptors (Lipinski definition) is 10. The molecule has 210 valence electrons. The van der Waals surface area contributed by atoms with Crippen LogP contribution < -0.4 is 41.0 Å². The van der Waals surface area contributed by atoms with Crippen LogP contribution >= 0.6 is 0 Å². The van der Waals surface area contributed by atoms with Gasteiger partial charge in [-0.1, -0.05) is 12.1 Å². The quantitative estimate of drug-likeness (QED) is 0.0908. The molecule has 0 saturated carbocycles. The number of anilines is 2. The van der Waals surface area contributed by atoms with Crippen molar-refractivity contribution in [3.63, 3.8) is 0 Å². The number of hydrogen-bond donors (Lipinski definition) is 5. The van der Waals surface area contributed by atoms with Crippen LogP contribution in [-0.2, 0) is 10.1 Å². The zero-order valence-corrected chi connectivity index (χ0v) is 26.0. The number of carbonyl (C=O) groups is 1. The Labute approximate surface area is 263 Å². The number of aryl methyl sites for hydroxylation is 3. The molecule has 0 radical (unpaired) electrons. The van der Waals surface area contributed by atoms with Crippen LogP contribution in [-0.4, -0.2) is 29.2 Å². The van der Waals surface area contributed by atoms with E-state index >= 15 is 0 Å². The van der Waals surface area contributed by atoms with Crippen molar-refractivity contribution in [3.8, 4) is 16.9 Å². The van der Waals surface area contributed by atoms with E-state index in [0.29, 0.717) is 16.9 Å². The second-order valence-corrected chi connectivity index (χ2v) is 10.6. The summed E-state index contributed by atoms with van der Waals surface area (Å²) in [6.45, 7) is 5.27. The molecule has 4 aromatic rings. The number of nitrogens with two attached hydrogens (primary N) is 2. The Kier molecular flexibility index (Phi) is 9.86. The Morgan fingerprint density at radius 3 is 1.79 bits per heavy atom. The number of nitrogen functional groups attached to an aromatic ring is 2. The summed E-state index contributed by atoms with van der Waals surface area (Å²) in [6, 6.07) is 16.2. The third kappa shape index (κ3) is 7.01. The van der Waals surface area contributed by atoms with Gasteiger partial charge in [0.1, 0.15) is 21.9 Å². The van der Waals surface area contributed by atoms with E-state index in [2.05, 4.69) is 20.5 Å². The van der Waals surface area contributed by atoms with Gasteiger partial charge in [0.15, 0.2) is 0 Å². The fourth-order valence-electron chi connectivity index (χ4n) is 3.99. The smallest absolute Gasteiger partial charge is 0.507 e. The minimum atomic E-state index is -4.58. The molecule has 0 amide bonds. The molecule has 0 saturated heterocycles. The molecule has 0 heterocycles. The van der Waals surface area contributed by atoms with E-state index in [1.807, 2.05) is 38.1 Å². The van der Waals surface area contributed by atoms with Gasteiger partial charge in [-0.3, -0.25) is 4.55 Å². The molecule has 0 bridgehead atoms. The van der Waals surface area contributed by atoms with Crippen LogP contribution in [0.2, 0.25) is 0 Å². The molecule has 0 aliphatic carbocycles. The Balaban J connectivity index is 0.00000484. The standard InChI is InChI=1S/C28H26N6O6S.Na/c1-14-10-17(4-7-21(14)32-31-19-6-9-23(35)20(13-19)28(36)37)18-5-8-22(15(2)11-18)33-34-27-25(29)16(3)12-24(26(27)30)41(38,39)40;/h4-13,35H,29-30H2,1-3H3,(H,36,37)(H,38,39,40);/q;+1. The van der Waals surface area contributed by atoms with Crippen molar-refractivity contribution in [2.75, 3.05) is 11.5 Å². The van der Waals surface area contributed by atoms with Gasteiger partial charge < -0.3 is 21.7 Å². The molecule has 4 aromatic carbocycles. The number of carboxylic acid groups (broad SMARTS) is 1. The maximum Gasteiger partial charge on any atom is 1.00 e. The van der Waals surface area contributed by atoms with Crippen LogP contribution in [0.5, 0.6) is 5.75 Å².